The van der Waals surface area contributed by atoms with E-state index in [1.165, 1.54) is 0 Å². The zero-order valence-electron chi connectivity index (χ0n) is 18.2. The molecule has 0 spiro atoms. The standard InChI is InChI=1S/C26H29N3O3/c30-25(29(19-24-12-7-17-32-24)18-21-8-3-1-4-9-21)20-28-15-13-23(14-16-28)27-26(31)22-10-5-2-6-11-22/h1-12,17,23H,13-16,18-20H2,(H,27,31). The van der Waals surface area contributed by atoms with E-state index in [9.17, 15) is 9.59 Å². The Labute approximate surface area is 188 Å². The molecule has 4 rings (SSSR count). The molecular formula is C26H29N3O3. The predicted molar refractivity (Wildman–Crippen MR) is 123 cm³/mol. The van der Waals surface area contributed by atoms with Gasteiger partial charge < -0.3 is 14.6 Å². The molecule has 2 amide bonds. The fraction of sp³-hybridized carbons (Fsp3) is 0.308. The molecular weight excluding hydrogens is 402 g/mol. The van der Waals surface area contributed by atoms with Crippen molar-refractivity contribution >= 4 is 11.8 Å². The molecule has 1 N–H and O–H groups in total. The van der Waals surface area contributed by atoms with Gasteiger partial charge in [0, 0.05) is 31.2 Å². The minimum atomic E-state index is -0.0346. The van der Waals surface area contributed by atoms with Gasteiger partial charge in [-0.15, -0.1) is 0 Å². The number of rotatable bonds is 8. The second-order valence-electron chi connectivity index (χ2n) is 8.20. The molecule has 0 radical (unpaired) electrons. The lowest BCUT2D eigenvalue weighted by Crippen LogP contribution is -2.47. The number of benzene rings is 2. The molecule has 0 bridgehead atoms. The summed E-state index contributed by atoms with van der Waals surface area (Å²) in [5, 5.41) is 3.12. The summed E-state index contributed by atoms with van der Waals surface area (Å²) in [4.78, 5) is 29.6. The highest BCUT2D eigenvalue weighted by atomic mass is 16.3. The van der Waals surface area contributed by atoms with Gasteiger partial charge >= 0.3 is 0 Å². The van der Waals surface area contributed by atoms with Crippen LogP contribution in [-0.4, -0.2) is 47.3 Å². The average molecular weight is 432 g/mol. The molecule has 1 aromatic heterocycles. The van der Waals surface area contributed by atoms with Gasteiger partial charge in [0.15, 0.2) is 0 Å². The highest BCUT2D eigenvalue weighted by Gasteiger charge is 2.25. The van der Waals surface area contributed by atoms with Crippen molar-refractivity contribution in [3.8, 4) is 0 Å². The normalized spacial score (nSPS) is 14.8. The molecule has 6 nitrogen and oxygen atoms in total. The highest BCUT2D eigenvalue weighted by Crippen LogP contribution is 2.15. The number of nitrogens with one attached hydrogen (secondary N) is 1. The Morgan fingerprint density at radius 1 is 0.906 bits per heavy atom. The minimum Gasteiger partial charge on any atom is -0.467 e. The van der Waals surface area contributed by atoms with Crippen molar-refractivity contribution in [2.75, 3.05) is 19.6 Å². The maximum atomic E-state index is 13.2. The lowest BCUT2D eigenvalue weighted by atomic mass is 10.0. The van der Waals surface area contributed by atoms with Gasteiger partial charge in [0.2, 0.25) is 5.91 Å². The Balaban J connectivity index is 1.30. The Morgan fingerprint density at radius 3 is 2.25 bits per heavy atom. The molecule has 2 aromatic carbocycles. The summed E-state index contributed by atoms with van der Waals surface area (Å²) in [5.41, 5.74) is 1.77. The van der Waals surface area contributed by atoms with Crippen LogP contribution in [0.3, 0.4) is 0 Å². The summed E-state index contributed by atoms with van der Waals surface area (Å²) in [6, 6.07) is 23.2. The lowest BCUT2D eigenvalue weighted by Gasteiger charge is -2.33. The molecule has 0 saturated carbocycles. The Hall–Kier alpha value is -3.38. The van der Waals surface area contributed by atoms with Crippen molar-refractivity contribution in [3.63, 3.8) is 0 Å². The summed E-state index contributed by atoms with van der Waals surface area (Å²) in [7, 11) is 0. The number of hydrogen-bond donors (Lipinski definition) is 1. The summed E-state index contributed by atoms with van der Waals surface area (Å²) < 4.78 is 5.48. The maximum absolute atomic E-state index is 13.2. The van der Waals surface area contributed by atoms with Gasteiger partial charge in [0.05, 0.1) is 19.4 Å². The summed E-state index contributed by atoms with van der Waals surface area (Å²) >= 11 is 0. The van der Waals surface area contributed by atoms with Crippen LogP contribution < -0.4 is 5.32 Å². The molecule has 0 aliphatic carbocycles. The first-order chi connectivity index (χ1) is 15.7. The number of hydrogen-bond acceptors (Lipinski definition) is 4. The van der Waals surface area contributed by atoms with Crippen LogP contribution in [-0.2, 0) is 17.9 Å². The van der Waals surface area contributed by atoms with Crippen molar-refractivity contribution in [1.82, 2.24) is 15.1 Å². The molecule has 1 aliphatic rings. The largest absolute Gasteiger partial charge is 0.467 e. The van der Waals surface area contributed by atoms with Crippen molar-refractivity contribution in [1.29, 1.82) is 0 Å². The van der Waals surface area contributed by atoms with Gasteiger partial charge in [-0.3, -0.25) is 14.5 Å². The van der Waals surface area contributed by atoms with Gasteiger partial charge in [0.25, 0.3) is 5.91 Å². The van der Waals surface area contributed by atoms with E-state index in [1.54, 1.807) is 6.26 Å². The number of furan rings is 1. The quantitative estimate of drug-likeness (QED) is 0.591. The number of piperidine rings is 1. The van der Waals surface area contributed by atoms with Crippen LogP contribution in [0.4, 0.5) is 0 Å². The van der Waals surface area contributed by atoms with E-state index >= 15 is 0 Å². The summed E-state index contributed by atoms with van der Waals surface area (Å²) in [6.45, 7) is 2.93. The van der Waals surface area contributed by atoms with Gasteiger partial charge in [-0.05, 0) is 42.7 Å². The van der Waals surface area contributed by atoms with E-state index in [1.807, 2.05) is 77.7 Å². The number of likely N-dealkylation sites (tertiary alicyclic amines) is 1. The predicted octanol–water partition coefficient (Wildman–Crippen LogP) is 3.70. The van der Waals surface area contributed by atoms with Crippen LogP contribution in [0.25, 0.3) is 0 Å². The topological polar surface area (TPSA) is 65.8 Å². The van der Waals surface area contributed by atoms with Crippen LogP contribution in [0.5, 0.6) is 0 Å². The number of carbonyl (C=O) groups is 2. The monoisotopic (exact) mass is 431 g/mol. The Kier molecular flexibility index (Phi) is 7.35. The van der Waals surface area contributed by atoms with Crippen LogP contribution in [0.1, 0.15) is 34.5 Å². The molecule has 0 unspecified atom stereocenters. The number of nitrogens with zero attached hydrogens (tertiary/aromatic N) is 2. The van der Waals surface area contributed by atoms with Gasteiger partial charge in [-0.25, -0.2) is 0 Å². The number of carbonyl (C=O) groups excluding carboxylic acids is 2. The fourth-order valence-electron chi connectivity index (χ4n) is 4.01. The maximum Gasteiger partial charge on any atom is 0.251 e. The van der Waals surface area contributed by atoms with E-state index in [2.05, 4.69) is 10.2 Å². The molecule has 1 saturated heterocycles. The zero-order chi connectivity index (χ0) is 22.2. The zero-order valence-corrected chi connectivity index (χ0v) is 18.2. The molecule has 0 atom stereocenters. The van der Waals surface area contributed by atoms with Crippen LogP contribution in [0.2, 0.25) is 0 Å². The van der Waals surface area contributed by atoms with E-state index in [4.69, 9.17) is 4.42 Å². The molecule has 6 heteroatoms. The van der Waals surface area contributed by atoms with Crippen molar-refractivity contribution in [3.05, 3.63) is 95.9 Å². The molecule has 166 valence electrons. The van der Waals surface area contributed by atoms with E-state index in [-0.39, 0.29) is 17.9 Å². The first-order valence-corrected chi connectivity index (χ1v) is 11.1. The van der Waals surface area contributed by atoms with E-state index in [0.29, 0.717) is 25.2 Å². The van der Waals surface area contributed by atoms with Gasteiger partial charge in [-0.2, -0.15) is 0 Å². The lowest BCUT2D eigenvalue weighted by molar-refractivity contribution is -0.134. The first kappa shape index (κ1) is 21.8. The third kappa shape index (κ3) is 6.08. The molecule has 1 aliphatic heterocycles. The Bertz CT molecular complexity index is 982. The highest BCUT2D eigenvalue weighted by molar-refractivity contribution is 5.94. The van der Waals surface area contributed by atoms with Crippen molar-refractivity contribution in [2.45, 2.75) is 32.0 Å². The van der Waals surface area contributed by atoms with Crippen LogP contribution in [0.15, 0.2) is 83.5 Å². The summed E-state index contributed by atoms with van der Waals surface area (Å²) in [6.07, 6.45) is 3.31. The first-order valence-electron chi connectivity index (χ1n) is 11.1. The number of amides is 2. The third-order valence-electron chi connectivity index (χ3n) is 5.81. The van der Waals surface area contributed by atoms with Gasteiger partial charge in [0.1, 0.15) is 5.76 Å². The molecule has 1 fully saturated rings. The van der Waals surface area contributed by atoms with Crippen LogP contribution in [0, 0.1) is 0 Å². The smallest absolute Gasteiger partial charge is 0.251 e. The average Bonchev–Trinajstić information content (AvgIpc) is 3.34. The molecule has 3 aromatic rings. The van der Waals surface area contributed by atoms with E-state index < -0.39 is 0 Å². The second-order valence-corrected chi connectivity index (χ2v) is 8.20. The van der Waals surface area contributed by atoms with E-state index in [0.717, 1.165) is 37.3 Å². The summed E-state index contributed by atoms with van der Waals surface area (Å²) in [5.74, 6) is 0.821. The third-order valence-corrected chi connectivity index (χ3v) is 5.81. The molecule has 32 heavy (non-hydrogen) atoms. The molecule has 2 heterocycles. The van der Waals surface area contributed by atoms with Gasteiger partial charge in [-0.1, -0.05) is 48.5 Å². The second kappa shape index (κ2) is 10.8. The van der Waals surface area contributed by atoms with Crippen molar-refractivity contribution in [2.24, 2.45) is 0 Å². The minimum absolute atomic E-state index is 0.0346. The van der Waals surface area contributed by atoms with Crippen LogP contribution >= 0.6 is 0 Å². The Morgan fingerprint density at radius 2 is 1.59 bits per heavy atom. The SMILES string of the molecule is O=C(NC1CCN(CC(=O)N(Cc2ccccc2)Cc2ccco2)CC1)c1ccccc1. The fourth-order valence-corrected chi connectivity index (χ4v) is 4.01. The van der Waals surface area contributed by atoms with Crippen molar-refractivity contribution < 1.29 is 14.0 Å².